The molecule has 0 saturated carbocycles. The second-order valence-electron chi connectivity index (χ2n) is 5.62. The Morgan fingerprint density at radius 1 is 0.842 bits per heavy atom. The molecule has 0 heterocycles. The van der Waals surface area contributed by atoms with Gasteiger partial charge in [0.05, 0.1) is 0 Å². The topological polar surface area (TPSA) is 26.0 Å². The number of rotatable bonds is 4. The predicted octanol–water partition coefficient (Wildman–Crippen LogP) is 4.36. The molecule has 2 aromatic carbocycles. The molecule has 0 aliphatic rings. The third-order valence-corrected chi connectivity index (χ3v) is 3.61. The van der Waals surface area contributed by atoms with Crippen molar-refractivity contribution in [2.24, 2.45) is 5.73 Å². The van der Waals surface area contributed by atoms with E-state index >= 15 is 0 Å². The van der Waals surface area contributed by atoms with Gasteiger partial charge in [0, 0.05) is 6.04 Å². The maximum Gasteiger partial charge on any atom is 0.0335 e. The zero-order chi connectivity index (χ0) is 13.8. The average Bonchev–Trinajstić information content (AvgIpc) is 2.40. The Bertz CT molecular complexity index is 508. The first-order valence-electron chi connectivity index (χ1n) is 6.97. The lowest BCUT2D eigenvalue weighted by molar-refractivity contribution is 0.721. The average molecular weight is 253 g/mol. The SMILES string of the molecule is Cc1ccc(C(N)Cc2ccc(C(C)C)cc2)cc1. The standard InChI is InChI=1S/C18H23N/c1-13(2)16-10-6-15(7-11-16)12-18(19)17-8-4-14(3)5-9-17/h4-11,13,18H,12,19H2,1-3H3. The molecule has 1 heteroatoms. The summed E-state index contributed by atoms with van der Waals surface area (Å²) >= 11 is 0. The Morgan fingerprint density at radius 2 is 1.37 bits per heavy atom. The van der Waals surface area contributed by atoms with E-state index in [9.17, 15) is 0 Å². The molecule has 19 heavy (non-hydrogen) atoms. The second kappa shape index (κ2) is 6.03. The quantitative estimate of drug-likeness (QED) is 0.860. The third-order valence-electron chi connectivity index (χ3n) is 3.61. The first-order valence-corrected chi connectivity index (χ1v) is 6.97. The largest absolute Gasteiger partial charge is 0.324 e. The molecular formula is C18H23N. The summed E-state index contributed by atoms with van der Waals surface area (Å²) in [5.74, 6) is 0.583. The van der Waals surface area contributed by atoms with Crippen molar-refractivity contribution in [1.29, 1.82) is 0 Å². The van der Waals surface area contributed by atoms with Gasteiger partial charge in [0.25, 0.3) is 0 Å². The lowest BCUT2D eigenvalue weighted by atomic mass is 9.96. The highest BCUT2D eigenvalue weighted by atomic mass is 14.6. The Labute approximate surface area is 116 Å². The van der Waals surface area contributed by atoms with Gasteiger partial charge in [-0.2, -0.15) is 0 Å². The summed E-state index contributed by atoms with van der Waals surface area (Å²) in [5, 5.41) is 0. The first kappa shape index (κ1) is 13.8. The molecule has 2 aromatic rings. The molecule has 0 fully saturated rings. The molecule has 0 spiro atoms. The van der Waals surface area contributed by atoms with Gasteiger partial charge in [-0.05, 0) is 36.0 Å². The van der Waals surface area contributed by atoms with Crippen molar-refractivity contribution in [2.45, 2.75) is 39.2 Å². The highest BCUT2D eigenvalue weighted by molar-refractivity contribution is 5.28. The van der Waals surface area contributed by atoms with Crippen molar-refractivity contribution in [3.63, 3.8) is 0 Å². The number of hydrogen-bond acceptors (Lipinski definition) is 1. The molecule has 0 aliphatic carbocycles. The van der Waals surface area contributed by atoms with E-state index in [-0.39, 0.29) is 6.04 Å². The zero-order valence-corrected chi connectivity index (χ0v) is 12.1. The fourth-order valence-corrected chi connectivity index (χ4v) is 2.22. The third kappa shape index (κ3) is 3.68. The fourth-order valence-electron chi connectivity index (χ4n) is 2.22. The molecule has 0 aromatic heterocycles. The maximum atomic E-state index is 6.27. The minimum absolute atomic E-state index is 0.0745. The second-order valence-corrected chi connectivity index (χ2v) is 5.62. The summed E-state index contributed by atoms with van der Waals surface area (Å²) in [4.78, 5) is 0. The summed E-state index contributed by atoms with van der Waals surface area (Å²) in [7, 11) is 0. The Kier molecular flexibility index (Phi) is 4.39. The molecule has 1 unspecified atom stereocenters. The molecule has 0 saturated heterocycles. The summed E-state index contributed by atoms with van der Waals surface area (Å²) < 4.78 is 0. The summed E-state index contributed by atoms with van der Waals surface area (Å²) in [6.45, 7) is 6.53. The number of nitrogens with two attached hydrogens (primary N) is 1. The van der Waals surface area contributed by atoms with Crippen LogP contribution in [0.25, 0.3) is 0 Å². The summed E-state index contributed by atoms with van der Waals surface area (Å²) in [6.07, 6.45) is 0.890. The monoisotopic (exact) mass is 253 g/mol. The Balaban J connectivity index is 2.06. The van der Waals surface area contributed by atoms with Crippen LogP contribution in [0.3, 0.4) is 0 Å². The van der Waals surface area contributed by atoms with Crippen LogP contribution in [0.1, 0.15) is 48.1 Å². The van der Waals surface area contributed by atoms with Crippen molar-refractivity contribution in [3.05, 3.63) is 70.8 Å². The molecule has 2 rings (SSSR count). The molecule has 0 radical (unpaired) electrons. The Morgan fingerprint density at radius 3 is 1.89 bits per heavy atom. The van der Waals surface area contributed by atoms with Gasteiger partial charge in [-0.15, -0.1) is 0 Å². The van der Waals surface area contributed by atoms with Gasteiger partial charge in [0.15, 0.2) is 0 Å². The van der Waals surface area contributed by atoms with E-state index in [1.54, 1.807) is 0 Å². The molecule has 0 bridgehead atoms. The number of hydrogen-bond donors (Lipinski definition) is 1. The fraction of sp³-hybridized carbons (Fsp3) is 0.333. The van der Waals surface area contributed by atoms with Crippen LogP contribution in [0.15, 0.2) is 48.5 Å². The molecule has 100 valence electrons. The van der Waals surface area contributed by atoms with E-state index < -0.39 is 0 Å². The van der Waals surface area contributed by atoms with Crippen molar-refractivity contribution in [2.75, 3.05) is 0 Å². The summed E-state index contributed by atoms with van der Waals surface area (Å²) in [5.41, 5.74) is 11.4. The first-order chi connectivity index (χ1) is 9.06. The molecule has 1 atom stereocenters. The van der Waals surface area contributed by atoms with Gasteiger partial charge in [0.2, 0.25) is 0 Å². The summed E-state index contributed by atoms with van der Waals surface area (Å²) in [6, 6.07) is 17.4. The van der Waals surface area contributed by atoms with Gasteiger partial charge < -0.3 is 5.73 Å². The van der Waals surface area contributed by atoms with Crippen molar-refractivity contribution < 1.29 is 0 Å². The van der Waals surface area contributed by atoms with E-state index in [2.05, 4.69) is 69.3 Å². The predicted molar refractivity (Wildman–Crippen MR) is 82.3 cm³/mol. The van der Waals surface area contributed by atoms with E-state index in [0.717, 1.165) is 6.42 Å². The lowest BCUT2D eigenvalue weighted by Crippen LogP contribution is -2.13. The van der Waals surface area contributed by atoms with E-state index in [1.807, 2.05) is 0 Å². The molecular weight excluding hydrogens is 230 g/mol. The van der Waals surface area contributed by atoms with Gasteiger partial charge >= 0.3 is 0 Å². The van der Waals surface area contributed by atoms with Crippen LogP contribution in [-0.2, 0) is 6.42 Å². The van der Waals surface area contributed by atoms with Crippen LogP contribution in [0.4, 0.5) is 0 Å². The van der Waals surface area contributed by atoms with E-state index in [0.29, 0.717) is 5.92 Å². The van der Waals surface area contributed by atoms with Crippen LogP contribution in [0.2, 0.25) is 0 Å². The van der Waals surface area contributed by atoms with Crippen molar-refractivity contribution >= 4 is 0 Å². The smallest absolute Gasteiger partial charge is 0.0335 e. The van der Waals surface area contributed by atoms with Crippen LogP contribution < -0.4 is 5.73 Å². The Hall–Kier alpha value is -1.60. The van der Waals surface area contributed by atoms with Gasteiger partial charge in [-0.1, -0.05) is 67.9 Å². The zero-order valence-electron chi connectivity index (χ0n) is 12.1. The van der Waals surface area contributed by atoms with Gasteiger partial charge in [-0.25, -0.2) is 0 Å². The van der Waals surface area contributed by atoms with Crippen molar-refractivity contribution in [3.8, 4) is 0 Å². The van der Waals surface area contributed by atoms with Crippen LogP contribution in [-0.4, -0.2) is 0 Å². The van der Waals surface area contributed by atoms with Crippen LogP contribution in [0, 0.1) is 6.92 Å². The van der Waals surface area contributed by atoms with Gasteiger partial charge in [-0.3, -0.25) is 0 Å². The number of benzene rings is 2. The molecule has 1 nitrogen and oxygen atoms in total. The molecule has 0 amide bonds. The minimum Gasteiger partial charge on any atom is -0.324 e. The van der Waals surface area contributed by atoms with E-state index in [4.69, 9.17) is 5.73 Å². The highest BCUT2D eigenvalue weighted by Crippen LogP contribution is 2.19. The van der Waals surface area contributed by atoms with Crippen LogP contribution in [0.5, 0.6) is 0 Å². The van der Waals surface area contributed by atoms with E-state index in [1.165, 1.54) is 22.3 Å². The minimum atomic E-state index is 0.0745. The normalized spacial score (nSPS) is 12.7. The number of aryl methyl sites for hydroxylation is 1. The lowest BCUT2D eigenvalue weighted by Gasteiger charge is -2.13. The highest BCUT2D eigenvalue weighted by Gasteiger charge is 2.07. The van der Waals surface area contributed by atoms with Crippen molar-refractivity contribution in [1.82, 2.24) is 0 Å². The molecule has 0 aliphatic heterocycles. The maximum absolute atomic E-state index is 6.27. The molecule has 2 N–H and O–H groups in total. The van der Waals surface area contributed by atoms with Gasteiger partial charge in [0.1, 0.15) is 0 Å². The van der Waals surface area contributed by atoms with Crippen LogP contribution >= 0.6 is 0 Å².